The Morgan fingerprint density at radius 3 is 3.00 bits per heavy atom. The van der Waals surface area contributed by atoms with Gasteiger partial charge in [-0.1, -0.05) is 17.7 Å². The van der Waals surface area contributed by atoms with E-state index in [2.05, 4.69) is 0 Å². The number of hydrogen-bond acceptors (Lipinski definition) is 2. The molecule has 0 amide bonds. The standard InChI is InChI=1S/C13H16ClNO/c1-15-7-9-2-3-10(14)4-12(9)13(8-15)5-11(16)6-13/h2-4,11,16H,5-8H2,1H3/i8D. The Bertz CT molecular complexity index is 459. The number of rotatable bonds is 0. The van der Waals surface area contributed by atoms with E-state index in [0.29, 0.717) is 12.8 Å². The Morgan fingerprint density at radius 1 is 1.56 bits per heavy atom. The number of halogens is 1. The van der Waals surface area contributed by atoms with E-state index in [1.165, 1.54) is 11.1 Å². The summed E-state index contributed by atoms with van der Waals surface area (Å²) in [5, 5.41) is 10.4. The third-order valence-corrected chi connectivity index (χ3v) is 3.93. The third kappa shape index (κ3) is 1.48. The van der Waals surface area contributed by atoms with Crippen LogP contribution in [-0.2, 0) is 12.0 Å². The van der Waals surface area contributed by atoms with Gasteiger partial charge in [0.1, 0.15) is 0 Å². The fourth-order valence-electron chi connectivity index (χ4n) is 3.06. The van der Waals surface area contributed by atoms with E-state index < -0.39 is 0 Å². The van der Waals surface area contributed by atoms with Crippen molar-refractivity contribution in [3.05, 3.63) is 34.3 Å². The Morgan fingerprint density at radius 2 is 2.31 bits per heavy atom. The maximum Gasteiger partial charge on any atom is 0.0558 e. The quantitative estimate of drug-likeness (QED) is 0.749. The average Bonchev–Trinajstić information content (AvgIpc) is 2.24. The molecular formula is C13H16ClNO. The molecule has 1 unspecified atom stereocenters. The Hall–Kier alpha value is -0.570. The van der Waals surface area contributed by atoms with Crippen molar-refractivity contribution in [2.24, 2.45) is 0 Å². The molecule has 1 fully saturated rings. The molecule has 3 heteroatoms. The predicted molar refractivity (Wildman–Crippen MR) is 64.7 cm³/mol. The van der Waals surface area contributed by atoms with Crippen LogP contribution in [0.25, 0.3) is 0 Å². The van der Waals surface area contributed by atoms with Crippen LogP contribution in [0.15, 0.2) is 18.2 Å². The minimum Gasteiger partial charge on any atom is -0.393 e. The molecule has 0 bridgehead atoms. The first-order chi connectivity index (χ1) is 8.03. The number of aliphatic hydroxyl groups is 1. The fraction of sp³-hybridized carbons (Fsp3) is 0.538. The summed E-state index contributed by atoms with van der Waals surface area (Å²) in [7, 11) is 1.97. The van der Waals surface area contributed by atoms with E-state index in [-0.39, 0.29) is 18.0 Å². The van der Waals surface area contributed by atoms with Gasteiger partial charge in [-0.2, -0.15) is 0 Å². The molecule has 1 spiro atoms. The van der Waals surface area contributed by atoms with E-state index in [1.54, 1.807) is 0 Å². The third-order valence-electron chi connectivity index (χ3n) is 3.70. The molecule has 2 aliphatic rings. The molecule has 1 atom stereocenters. The smallest absolute Gasteiger partial charge is 0.0558 e. The Labute approximate surface area is 102 Å². The van der Waals surface area contributed by atoms with E-state index in [4.69, 9.17) is 13.0 Å². The average molecular weight is 239 g/mol. The lowest BCUT2D eigenvalue weighted by Crippen LogP contribution is -2.54. The lowest BCUT2D eigenvalue weighted by molar-refractivity contribution is -0.00607. The zero-order valence-corrected chi connectivity index (χ0v) is 10.0. The maximum absolute atomic E-state index is 9.63. The molecule has 0 radical (unpaired) electrons. The van der Waals surface area contributed by atoms with Gasteiger partial charge in [-0.05, 0) is 43.1 Å². The normalized spacial score (nSPS) is 39.1. The van der Waals surface area contributed by atoms with Crippen molar-refractivity contribution in [2.45, 2.75) is 30.9 Å². The van der Waals surface area contributed by atoms with Gasteiger partial charge in [0.25, 0.3) is 0 Å². The molecule has 1 N–H and O–H groups in total. The summed E-state index contributed by atoms with van der Waals surface area (Å²) in [5.41, 5.74) is 2.20. The molecule has 1 aliphatic carbocycles. The molecule has 1 heterocycles. The summed E-state index contributed by atoms with van der Waals surface area (Å²) in [6.07, 6.45) is 1.10. The van der Waals surface area contributed by atoms with Gasteiger partial charge in [0, 0.05) is 24.9 Å². The van der Waals surface area contributed by atoms with E-state index in [1.807, 2.05) is 30.1 Å². The number of nitrogens with zero attached hydrogens (tertiary/aromatic N) is 1. The Kier molecular flexibility index (Phi) is 2.05. The number of fused-ring (bicyclic) bond motifs is 2. The van der Waals surface area contributed by atoms with Gasteiger partial charge >= 0.3 is 0 Å². The second-order valence-electron chi connectivity index (χ2n) is 5.06. The second-order valence-corrected chi connectivity index (χ2v) is 5.50. The van der Waals surface area contributed by atoms with Crippen molar-refractivity contribution in [2.75, 3.05) is 13.6 Å². The number of likely N-dealkylation sites (N-methyl/N-ethyl adjacent to an activating group) is 1. The van der Waals surface area contributed by atoms with Gasteiger partial charge in [0.15, 0.2) is 0 Å². The molecule has 0 aromatic heterocycles. The van der Waals surface area contributed by atoms with Crippen molar-refractivity contribution >= 4 is 11.6 Å². The lowest BCUT2D eigenvalue weighted by Gasteiger charge is -2.51. The number of benzene rings is 1. The van der Waals surface area contributed by atoms with Crippen LogP contribution in [0.4, 0.5) is 0 Å². The van der Waals surface area contributed by atoms with Crippen LogP contribution >= 0.6 is 11.6 Å². The molecule has 16 heavy (non-hydrogen) atoms. The maximum atomic E-state index is 9.63. The molecule has 86 valence electrons. The van der Waals surface area contributed by atoms with Gasteiger partial charge in [-0.25, -0.2) is 0 Å². The van der Waals surface area contributed by atoms with E-state index in [0.717, 1.165) is 11.6 Å². The van der Waals surface area contributed by atoms with Crippen LogP contribution in [-0.4, -0.2) is 29.7 Å². The fourth-order valence-corrected chi connectivity index (χ4v) is 3.23. The molecule has 3 rings (SSSR count). The predicted octanol–water partition coefficient (Wildman–Crippen LogP) is 2.18. The number of aliphatic hydroxyl groups excluding tert-OH is 1. The molecule has 1 saturated carbocycles. The molecule has 1 aliphatic heterocycles. The van der Waals surface area contributed by atoms with E-state index >= 15 is 0 Å². The first kappa shape index (κ1) is 9.46. The van der Waals surface area contributed by atoms with Crippen molar-refractivity contribution in [3.63, 3.8) is 0 Å². The number of hydrogen-bond donors (Lipinski definition) is 1. The summed E-state index contributed by atoms with van der Waals surface area (Å²) in [6, 6.07) is 5.94. The summed E-state index contributed by atoms with van der Waals surface area (Å²) in [5.74, 6) is 0. The first-order valence-corrected chi connectivity index (χ1v) is 6.00. The topological polar surface area (TPSA) is 23.5 Å². The lowest BCUT2D eigenvalue weighted by atomic mass is 9.60. The minimum absolute atomic E-state index is 0.216. The van der Waals surface area contributed by atoms with Crippen LogP contribution in [0.3, 0.4) is 0 Å². The minimum atomic E-state index is -0.281. The Balaban J connectivity index is 2.12. The van der Waals surface area contributed by atoms with Crippen LogP contribution < -0.4 is 0 Å². The van der Waals surface area contributed by atoms with Crippen LogP contribution in [0.1, 0.15) is 25.3 Å². The van der Waals surface area contributed by atoms with Crippen molar-refractivity contribution in [1.82, 2.24) is 4.90 Å². The summed E-state index contributed by atoms with van der Waals surface area (Å²) >= 11 is 6.07. The zero-order chi connectivity index (χ0) is 12.2. The van der Waals surface area contributed by atoms with Crippen LogP contribution in [0.5, 0.6) is 0 Å². The zero-order valence-electron chi connectivity index (χ0n) is 10.3. The highest BCUT2D eigenvalue weighted by molar-refractivity contribution is 6.30. The van der Waals surface area contributed by atoms with Gasteiger partial charge < -0.3 is 10.0 Å². The van der Waals surface area contributed by atoms with Gasteiger partial charge in [-0.15, -0.1) is 0 Å². The van der Waals surface area contributed by atoms with Crippen LogP contribution in [0.2, 0.25) is 5.02 Å². The van der Waals surface area contributed by atoms with Gasteiger partial charge in [0.05, 0.1) is 6.10 Å². The molecular weight excluding hydrogens is 222 g/mol. The highest BCUT2D eigenvalue weighted by atomic mass is 35.5. The molecule has 1 aromatic rings. The largest absolute Gasteiger partial charge is 0.393 e. The van der Waals surface area contributed by atoms with Crippen molar-refractivity contribution in [1.29, 1.82) is 0 Å². The molecule has 1 aromatic carbocycles. The highest BCUT2D eigenvalue weighted by Gasteiger charge is 2.48. The molecule has 0 saturated heterocycles. The first-order valence-electron chi connectivity index (χ1n) is 6.20. The SMILES string of the molecule is [2H]C1N(C)Cc2ccc(Cl)cc2C12CC(O)C2. The van der Waals surface area contributed by atoms with E-state index in [9.17, 15) is 5.11 Å². The van der Waals surface area contributed by atoms with Crippen molar-refractivity contribution < 1.29 is 6.48 Å². The van der Waals surface area contributed by atoms with Gasteiger partial charge in [-0.3, -0.25) is 0 Å². The summed E-state index contributed by atoms with van der Waals surface area (Å²) in [6.45, 7) is 0.510. The van der Waals surface area contributed by atoms with Gasteiger partial charge in [0.2, 0.25) is 0 Å². The molecule has 2 nitrogen and oxygen atoms in total. The van der Waals surface area contributed by atoms with Crippen LogP contribution in [0, 0.1) is 0 Å². The summed E-state index contributed by atoms with van der Waals surface area (Å²) < 4.78 is 8.35. The highest BCUT2D eigenvalue weighted by Crippen LogP contribution is 2.48. The van der Waals surface area contributed by atoms with Crippen molar-refractivity contribution in [3.8, 4) is 0 Å². The summed E-state index contributed by atoms with van der Waals surface area (Å²) in [4.78, 5) is 2.04. The monoisotopic (exact) mass is 238 g/mol. The second kappa shape index (κ2) is 3.46.